The third-order valence-corrected chi connectivity index (χ3v) is 5.29. The number of amides is 1. The van der Waals surface area contributed by atoms with Crippen molar-refractivity contribution in [3.05, 3.63) is 0 Å². The van der Waals surface area contributed by atoms with Crippen molar-refractivity contribution in [3.63, 3.8) is 0 Å². The van der Waals surface area contributed by atoms with Crippen LogP contribution in [0.4, 0.5) is 0 Å². The van der Waals surface area contributed by atoms with E-state index in [1.54, 1.807) is 13.8 Å². The maximum atomic E-state index is 12.1. The molecule has 1 saturated heterocycles. The highest BCUT2D eigenvalue weighted by molar-refractivity contribution is 7.91. The molecule has 1 fully saturated rings. The highest BCUT2D eigenvalue weighted by atomic mass is 32.2. The van der Waals surface area contributed by atoms with Crippen LogP contribution in [0.2, 0.25) is 0 Å². The van der Waals surface area contributed by atoms with Gasteiger partial charge in [0.2, 0.25) is 5.91 Å². The number of rotatable bonds is 6. The van der Waals surface area contributed by atoms with E-state index in [0.717, 1.165) is 0 Å². The van der Waals surface area contributed by atoms with Crippen molar-refractivity contribution in [2.45, 2.75) is 39.2 Å². The maximum absolute atomic E-state index is 12.1. The van der Waals surface area contributed by atoms with Crippen molar-refractivity contribution < 1.29 is 23.1 Å². The van der Waals surface area contributed by atoms with E-state index in [-0.39, 0.29) is 42.2 Å². The normalized spacial score (nSPS) is 22.9. The molecule has 0 spiro atoms. The van der Waals surface area contributed by atoms with Crippen LogP contribution in [0.25, 0.3) is 0 Å². The summed E-state index contributed by atoms with van der Waals surface area (Å²) in [5, 5.41) is 8.75. The van der Waals surface area contributed by atoms with Crippen LogP contribution in [0.3, 0.4) is 0 Å². The Morgan fingerprint density at radius 3 is 2.47 bits per heavy atom. The quantitative estimate of drug-likeness (QED) is 0.770. The molecular weight excluding hydrogens is 270 g/mol. The van der Waals surface area contributed by atoms with E-state index in [1.807, 2.05) is 0 Å². The van der Waals surface area contributed by atoms with Crippen molar-refractivity contribution >= 4 is 21.7 Å². The van der Waals surface area contributed by atoms with Gasteiger partial charge in [0.25, 0.3) is 0 Å². The van der Waals surface area contributed by atoms with Gasteiger partial charge in [-0.2, -0.15) is 0 Å². The van der Waals surface area contributed by atoms with Crippen molar-refractivity contribution in [1.82, 2.24) is 4.90 Å². The topological polar surface area (TPSA) is 91.8 Å². The first kappa shape index (κ1) is 15.9. The molecule has 19 heavy (non-hydrogen) atoms. The van der Waals surface area contributed by atoms with Crippen LogP contribution in [0, 0.1) is 5.92 Å². The van der Waals surface area contributed by atoms with Crippen molar-refractivity contribution in [2.75, 3.05) is 18.1 Å². The van der Waals surface area contributed by atoms with Gasteiger partial charge in [-0.25, -0.2) is 8.42 Å². The predicted octanol–water partition coefficient (Wildman–Crippen LogP) is 0.523. The molecule has 0 radical (unpaired) electrons. The van der Waals surface area contributed by atoms with E-state index < -0.39 is 15.8 Å². The lowest BCUT2D eigenvalue weighted by atomic mass is 10.0. The van der Waals surface area contributed by atoms with E-state index in [0.29, 0.717) is 13.0 Å². The zero-order valence-electron chi connectivity index (χ0n) is 11.3. The van der Waals surface area contributed by atoms with Gasteiger partial charge in [-0.1, -0.05) is 0 Å². The molecule has 6 nitrogen and oxygen atoms in total. The summed E-state index contributed by atoms with van der Waals surface area (Å²) in [6.45, 7) is 3.93. The summed E-state index contributed by atoms with van der Waals surface area (Å²) in [7, 11) is -2.98. The van der Waals surface area contributed by atoms with Crippen molar-refractivity contribution in [3.8, 4) is 0 Å². The van der Waals surface area contributed by atoms with Gasteiger partial charge in [0.05, 0.1) is 17.9 Å². The molecule has 2 atom stereocenters. The van der Waals surface area contributed by atoms with E-state index in [9.17, 15) is 18.0 Å². The lowest BCUT2D eigenvalue weighted by molar-refractivity contribution is -0.140. The van der Waals surface area contributed by atoms with Gasteiger partial charge < -0.3 is 10.0 Å². The molecule has 0 aromatic carbocycles. The molecule has 1 amide bonds. The number of nitrogens with zero attached hydrogens (tertiary/aromatic N) is 1. The molecule has 1 aliphatic heterocycles. The second kappa shape index (κ2) is 6.36. The zero-order chi connectivity index (χ0) is 14.6. The van der Waals surface area contributed by atoms with Crippen molar-refractivity contribution in [1.29, 1.82) is 0 Å². The van der Waals surface area contributed by atoms with Crippen LogP contribution in [-0.4, -0.2) is 54.4 Å². The van der Waals surface area contributed by atoms with Crippen LogP contribution >= 0.6 is 0 Å². The summed E-state index contributed by atoms with van der Waals surface area (Å²) in [6.07, 6.45) is 0.624. The summed E-state index contributed by atoms with van der Waals surface area (Å²) in [6, 6.07) is -0.368. The summed E-state index contributed by atoms with van der Waals surface area (Å²) in [5.41, 5.74) is 0. The number of carboxylic acids is 1. The standard InChI is InChI=1S/C12H21NO5S/c1-3-13(9(2)6-12(15)16)11(14)7-10-4-5-19(17,18)8-10/h9-10H,3-8H2,1-2H3,(H,15,16). The Labute approximate surface area is 113 Å². The average molecular weight is 291 g/mol. The van der Waals surface area contributed by atoms with Gasteiger partial charge in [0, 0.05) is 19.0 Å². The number of hydrogen-bond donors (Lipinski definition) is 1. The highest BCUT2D eigenvalue weighted by Crippen LogP contribution is 2.23. The number of carbonyl (C=O) groups excluding carboxylic acids is 1. The SMILES string of the molecule is CCN(C(=O)CC1CCS(=O)(=O)C1)C(C)CC(=O)O. The second-order valence-electron chi connectivity index (χ2n) is 5.10. The van der Waals surface area contributed by atoms with Gasteiger partial charge in [0.15, 0.2) is 9.84 Å². The minimum absolute atomic E-state index is 0.0730. The lowest BCUT2D eigenvalue weighted by Crippen LogP contribution is -2.40. The van der Waals surface area contributed by atoms with Gasteiger partial charge >= 0.3 is 5.97 Å². The molecule has 1 rings (SSSR count). The molecule has 0 aromatic heterocycles. The lowest BCUT2D eigenvalue weighted by Gasteiger charge is -2.28. The van der Waals surface area contributed by atoms with Gasteiger partial charge in [0.1, 0.15) is 0 Å². The molecule has 2 unspecified atom stereocenters. The highest BCUT2D eigenvalue weighted by Gasteiger charge is 2.31. The number of hydrogen-bond acceptors (Lipinski definition) is 4. The molecule has 0 saturated carbocycles. The minimum Gasteiger partial charge on any atom is -0.481 e. The fourth-order valence-electron chi connectivity index (χ4n) is 2.49. The van der Waals surface area contributed by atoms with E-state index in [4.69, 9.17) is 5.11 Å². The summed E-state index contributed by atoms with van der Waals surface area (Å²) < 4.78 is 22.7. The third-order valence-electron chi connectivity index (χ3n) is 3.45. The van der Waals surface area contributed by atoms with Crippen molar-refractivity contribution in [2.24, 2.45) is 5.92 Å². The maximum Gasteiger partial charge on any atom is 0.305 e. The Morgan fingerprint density at radius 1 is 1.42 bits per heavy atom. The molecule has 1 aliphatic rings. The van der Waals surface area contributed by atoms with Gasteiger partial charge in [-0.3, -0.25) is 9.59 Å². The number of sulfone groups is 1. The predicted molar refractivity (Wildman–Crippen MR) is 70.5 cm³/mol. The molecule has 0 aliphatic carbocycles. The van der Waals surface area contributed by atoms with Crippen LogP contribution in [0.5, 0.6) is 0 Å². The Balaban J connectivity index is 2.57. The van der Waals surface area contributed by atoms with E-state index in [1.165, 1.54) is 4.90 Å². The van der Waals surface area contributed by atoms with E-state index in [2.05, 4.69) is 0 Å². The second-order valence-corrected chi connectivity index (χ2v) is 7.33. The molecule has 1 N–H and O–H groups in total. The van der Waals surface area contributed by atoms with Gasteiger partial charge in [-0.15, -0.1) is 0 Å². The average Bonchev–Trinajstić information content (AvgIpc) is 2.57. The minimum atomic E-state index is -2.98. The molecule has 0 aromatic rings. The largest absolute Gasteiger partial charge is 0.481 e. The van der Waals surface area contributed by atoms with Crippen LogP contribution in [0.15, 0.2) is 0 Å². The summed E-state index contributed by atoms with van der Waals surface area (Å²) >= 11 is 0. The van der Waals surface area contributed by atoms with Gasteiger partial charge in [-0.05, 0) is 26.2 Å². The van der Waals surface area contributed by atoms with Crippen LogP contribution in [-0.2, 0) is 19.4 Å². The fraction of sp³-hybridized carbons (Fsp3) is 0.833. The number of carbonyl (C=O) groups is 2. The smallest absolute Gasteiger partial charge is 0.305 e. The molecule has 1 heterocycles. The van der Waals surface area contributed by atoms with Crippen LogP contribution in [0.1, 0.15) is 33.1 Å². The monoisotopic (exact) mass is 291 g/mol. The zero-order valence-corrected chi connectivity index (χ0v) is 12.1. The Bertz CT molecular complexity index is 445. The number of carboxylic acid groups (broad SMARTS) is 1. The molecular formula is C12H21NO5S. The third kappa shape index (κ3) is 4.81. The van der Waals surface area contributed by atoms with E-state index >= 15 is 0 Å². The first-order chi connectivity index (χ1) is 8.75. The summed E-state index contributed by atoms with van der Waals surface area (Å²) in [4.78, 5) is 24.3. The Kier molecular flexibility index (Phi) is 5.34. The van der Waals surface area contributed by atoms with Crippen LogP contribution < -0.4 is 0 Å². The molecule has 110 valence electrons. The number of aliphatic carboxylic acids is 1. The Hall–Kier alpha value is -1.11. The fourth-order valence-corrected chi connectivity index (χ4v) is 4.36. The molecule has 0 bridgehead atoms. The Morgan fingerprint density at radius 2 is 2.05 bits per heavy atom. The first-order valence-electron chi connectivity index (χ1n) is 6.47. The molecule has 7 heteroatoms. The summed E-state index contributed by atoms with van der Waals surface area (Å²) in [5.74, 6) is -0.991. The first-order valence-corrected chi connectivity index (χ1v) is 8.29.